The summed E-state index contributed by atoms with van der Waals surface area (Å²) in [6, 6.07) is 28.2. The molecule has 0 saturated heterocycles. The van der Waals surface area contributed by atoms with Gasteiger partial charge in [-0.3, -0.25) is 0 Å². The first-order valence-corrected chi connectivity index (χ1v) is 9.86. The molecular weight excluding hydrogens is 459 g/mol. The molecule has 160 valence electrons. The van der Waals surface area contributed by atoms with E-state index in [9.17, 15) is 5.11 Å². The first kappa shape index (κ1) is 27.4. The van der Waals surface area contributed by atoms with Crippen LogP contribution >= 0.6 is 24.8 Å². The molecule has 0 aromatic heterocycles. The fourth-order valence-corrected chi connectivity index (χ4v) is 4.45. The monoisotopic (exact) mass is 486 g/mol. The number of benzene rings is 3. The van der Waals surface area contributed by atoms with E-state index in [0.717, 1.165) is 22.3 Å². The third-order valence-electron chi connectivity index (χ3n) is 5.94. The molecule has 1 unspecified atom stereocenters. The summed E-state index contributed by atoms with van der Waals surface area (Å²) in [5.41, 5.74) is 6.52. The van der Waals surface area contributed by atoms with Crippen molar-refractivity contribution in [3.05, 3.63) is 124 Å². The summed E-state index contributed by atoms with van der Waals surface area (Å²) in [6.07, 6.45) is 2.31. The van der Waals surface area contributed by atoms with Gasteiger partial charge in [0.25, 0.3) is 0 Å². The van der Waals surface area contributed by atoms with Crippen LogP contribution in [0.2, 0.25) is 0 Å². The molecule has 0 bridgehead atoms. The minimum atomic E-state index is -1.22. The molecule has 4 rings (SSSR count). The van der Waals surface area contributed by atoms with E-state index in [-0.39, 0.29) is 46.5 Å². The van der Waals surface area contributed by atoms with Gasteiger partial charge in [0, 0.05) is 33.2 Å². The second-order valence-electron chi connectivity index (χ2n) is 7.67. The van der Waals surface area contributed by atoms with Gasteiger partial charge < -0.3 is 5.11 Å². The van der Waals surface area contributed by atoms with E-state index in [1.54, 1.807) is 0 Å². The average Bonchev–Trinajstić information content (AvgIpc) is 3.00. The normalized spacial score (nSPS) is 15.4. The quantitative estimate of drug-likeness (QED) is 0.305. The van der Waals surface area contributed by atoms with Crippen LogP contribution in [0.5, 0.6) is 0 Å². The predicted molar refractivity (Wildman–Crippen MR) is 131 cm³/mol. The van der Waals surface area contributed by atoms with Gasteiger partial charge in [-0.25, -0.2) is 0 Å². The summed E-state index contributed by atoms with van der Waals surface area (Å²) in [5, 5.41) is 12.3. The summed E-state index contributed by atoms with van der Waals surface area (Å²) >= 11 is 0. The van der Waals surface area contributed by atoms with Crippen LogP contribution in [-0.2, 0) is 27.3 Å². The molecule has 3 aromatic rings. The van der Waals surface area contributed by atoms with E-state index in [0.29, 0.717) is 5.92 Å². The van der Waals surface area contributed by atoms with Crippen LogP contribution in [0.1, 0.15) is 43.0 Å². The van der Waals surface area contributed by atoms with Crippen LogP contribution in [-0.4, -0.2) is 5.11 Å². The van der Waals surface area contributed by atoms with Crippen molar-refractivity contribution >= 4 is 30.4 Å². The van der Waals surface area contributed by atoms with Gasteiger partial charge >= 0.3 is 0 Å². The minimum Gasteiger partial charge on any atom is -0.376 e. The number of rotatable bonds is 4. The Morgan fingerprint density at radius 3 is 1.61 bits per heavy atom. The Morgan fingerprint density at radius 2 is 1.16 bits per heavy atom. The van der Waals surface area contributed by atoms with Crippen molar-refractivity contribution in [3.8, 4) is 0 Å². The van der Waals surface area contributed by atoms with Crippen molar-refractivity contribution in [1.82, 2.24) is 0 Å². The average molecular weight is 487 g/mol. The molecule has 3 aromatic carbocycles. The van der Waals surface area contributed by atoms with Crippen LogP contribution in [0.3, 0.4) is 0 Å². The largest absolute Gasteiger partial charge is 0.376 e. The minimum absolute atomic E-state index is 0. The fourth-order valence-electron chi connectivity index (χ4n) is 4.45. The second kappa shape index (κ2) is 11.3. The zero-order chi connectivity index (χ0) is 19.7. The van der Waals surface area contributed by atoms with E-state index >= 15 is 0 Å². The van der Waals surface area contributed by atoms with E-state index in [1.165, 1.54) is 16.7 Å². The van der Waals surface area contributed by atoms with E-state index in [2.05, 4.69) is 45.0 Å². The first-order chi connectivity index (χ1) is 13.5. The predicted octanol–water partition coefficient (Wildman–Crippen LogP) is 7.18. The van der Waals surface area contributed by atoms with Crippen LogP contribution in [0.4, 0.5) is 0 Å². The molecular formula is C27H28Cl2OTi. The zero-order valence-corrected chi connectivity index (χ0v) is 21.2. The maximum atomic E-state index is 12.3. The van der Waals surface area contributed by atoms with Crippen molar-refractivity contribution in [3.63, 3.8) is 0 Å². The fraction of sp³-hybridized carbons (Fsp3) is 0.185. The molecule has 1 aliphatic carbocycles. The SMILES string of the molecule is CC1=CC(C)C(c2ccccc2C(O)(c2ccccc2)c2ccccc2)=C1C.Cl.Cl.[Ti]. The molecule has 1 aliphatic rings. The molecule has 0 aliphatic heterocycles. The molecule has 0 heterocycles. The van der Waals surface area contributed by atoms with E-state index in [1.807, 2.05) is 66.7 Å². The summed E-state index contributed by atoms with van der Waals surface area (Å²) < 4.78 is 0. The molecule has 0 spiro atoms. The van der Waals surface area contributed by atoms with Gasteiger partial charge in [-0.1, -0.05) is 104 Å². The first-order valence-electron chi connectivity index (χ1n) is 9.86. The molecule has 0 fully saturated rings. The van der Waals surface area contributed by atoms with Crippen LogP contribution in [0, 0.1) is 5.92 Å². The Bertz CT molecular complexity index is 1020. The molecule has 4 heteroatoms. The van der Waals surface area contributed by atoms with Crippen molar-refractivity contribution in [2.75, 3.05) is 0 Å². The molecule has 1 atom stereocenters. The molecule has 0 radical (unpaired) electrons. The number of halogens is 2. The van der Waals surface area contributed by atoms with E-state index < -0.39 is 5.60 Å². The number of hydrogen-bond acceptors (Lipinski definition) is 1. The van der Waals surface area contributed by atoms with Gasteiger partial charge in [-0.2, -0.15) is 0 Å². The molecule has 0 saturated carbocycles. The van der Waals surface area contributed by atoms with Gasteiger partial charge in [-0.15, -0.1) is 24.8 Å². The van der Waals surface area contributed by atoms with Gasteiger partial charge in [0.1, 0.15) is 5.60 Å². The molecule has 1 nitrogen and oxygen atoms in total. The van der Waals surface area contributed by atoms with Crippen LogP contribution < -0.4 is 0 Å². The van der Waals surface area contributed by atoms with Gasteiger partial charge in [0.2, 0.25) is 0 Å². The molecule has 1 N–H and O–H groups in total. The summed E-state index contributed by atoms with van der Waals surface area (Å²) in [5.74, 6) is 0.331. The number of hydrogen-bond donors (Lipinski definition) is 1. The number of aliphatic hydroxyl groups is 1. The third kappa shape index (κ3) is 4.92. The van der Waals surface area contributed by atoms with Crippen molar-refractivity contribution in [2.45, 2.75) is 26.4 Å². The van der Waals surface area contributed by atoms with Crippen molar-refractivity contribution in [2.24, 2.45) is 5.92 Å². The maximum absolute atomic E-state index is 12.3. The number of allylic oxidation sites excluding steroid dienone is 4. The molecule has 0 amide bonds. The van der Waals surface area contributed by atoms with Crippen LogP contribution in [0.15, 0.2) is 102 Å². The van der Waals surface area contributed by atoms with Gasteiger partial charge in [0.05, 0.1) is 0 Å². The van der Waals surface area contributed by atoms with Crippen LogP contribution in [0.25, 0.3) is 5.57 Å². The smallest absolute Gasteiger partial charge is 0.141 e. The standard InChI is InChI=1S/C27H26O.2ClH.Ti/c1-19-18-20(2)26(21(19)3)24-16-10-11-17-25(24)27(28,22-12-6-4-7-13-22)23-14-8-5-9-15-23;;;/h4-18,20,28H,1-3H3;2*1H;. The topological polar surface area (TPSA) is 20.2 Å². The van der Waals surface area contributed by atoms with E-state index in [4.69, 9.17) is 0 Å². The third-order valence-corrected chi connectivity index (χ3v) is 5.94. The Hall–Kier alpha value is -1.61. The zero-order valence-electron chi connectivity index (χ0n) is 18.0. The molecule has 31 heavy (non-hydrogen) atoms. The maximum Gasteiger partial charge on any atom is 0.141 e. The summed E-state index contributed by atoms with van der Waals surface area (Å²) in [6.45, 7) is 6.59. The summed E-state index contributed by atoms with van der Waals surface area (Å²) in [4.78, 5) is 0. The second-order valence-corrected chi connectivity index (χ2v) is 7.67. The van der Waals surface area contributed by atoms with Crippen molar-refractivity contribution in [1.29, 1.82) is 0 Å². The van der Waals surface area contributed by atoms with Gasteiger partial charge in [-0.05, 0) is 41.7 Å². The van der Waals surface area contributed by atoms with Crippen molar-refractivity contribution < 1.29 is 26.8 Å². The Balaban J connectivity index is 0.00000160. The Morgan fingerprint density at radius 1 is 0.710 bits per heavy atom. The Kier molecular flexibility index (Phi) is 10.0. The summed E-state index contributed by atoms with van der Waals surface area (Å²) in [7, 11) is 0. The van der Waals surface area contributed by atoms with Gasteiger partial charge in [0.15, 0.2) is 0 Å². The Labute approximate surface area is 213 Å².